The Morgan fingerprint density at radius 2 is 0.900 bits per heavy atom. The lowest BCUT2D eigenvalue weighted by atomic mass is 10.2. The van der Waals surface area contributed by atoms with Crippen LogP contribution in [0.15, 0.2) is 24.3 Å². The van der Waals surface area contributed by atoms with Crippen LogP contribution in [0.2, 0.25) is 0 Å². The van der Waals surface area contributed by atoms with E-state index >= 15 is 0 Å². The van der Waals surface area contributed by atoms with Crippen molar-refractivity contribution in [3.63, 3.8) is 0 Å². The molecule has 0 aromatic heterocycles. The summed E-state index contributed by atoms with van der Waals surface area (Å²) < 4.78 is 0. The maximum absolute atomic E-state index is 10.3. The van der Waals surface area contributed by atoms with E-state index in [-0.39, 0.29) is 23.9 Å². The second-order valence-electron chi connectivity index (χ2n) is 1.47. The van der Waals surface area contributed by atoms with Gasteiger partial charge in [-0.25, -0.2) is 0 Å². The van der Waals surface area contributed by atoms with Crippen molar-refractivity contribution in [1.82, 2.24) is 12.3 Å². The highest BCUT2D eigenvalue weighted by molar-refractivity contribution is 6.14. The van der Waals surface area contributed by atoms with Gasteiger partial charge in [0, 0.05) is 0 Å². The van der Waals surface area contributed by atoms with Crippen molar-refractivity contribution in [1.29, 1.82) is 0 Å². The van der Waals surface area contributed by atoms with Crippen LogP contribution < -0.4 is 12.3 Å². The molecule has 0 unspecified atom stereocenters. The summed E-state index contributed by atoms with van der Waals surface area (Å²) in [5.41, 5.74) is 0. The highest BCUT2D eigenvalue weighted by atomic mass is 16.1. The van der Waals surface area contributed by atoms with Gasteiger partial charge in [0.2, 0.25) is 0 Å². The predicted molar refractivity (Wildman–Crippen MR) is 38.3 cm³/mol. The van der Waals surface area contributed by atoms with Gasteiger partial charge in [0.1, 0.15) is 0 Å². The first kappa shape index (κ1) is 11.5. The number of carbonyl (C=O) groups excluding carboxylic acids is 2. The van der Waals surface area contributed by atoms with Gasteiger partial charge in [0.05, 0.1) is 0 Å². The summed E-state index contributed by atoms with van der Waals surface area (Å²) in [4.78, 5) is 20.6. The minimum Gasteiger partial charge on any atom is -0.344 e. The van der Waals surface area contributed by atoms with E-state index in [0.29, 0.717) is 0 Å². The van der Waals surface area contributed by atoms with Crippen LogP contribution in [0.1, 0.15) is 0 Å². The second-order valence-corrected chi connectivity index (χ2v) is 1.47. The zero-order chi connectivity index (χ0) is 5.98. The van der Waals surface area contributed by atoms with Crippen LogP contribution in [0.25, 0.3) is 0 Å². The standard InChI is InChI=1S/C6H4O2.2H3N/c7-5-1-2-6(8)4-3-5;;/h1-4H;2*1H3. The largest absolute Gasteiger partial charge is 0.344 e. The van der Waals surface area contributed by atoms with Crippen molar-refractivity contribution in [3.8, 4) is 0 Å². The Balaban J connectivity index is 0. The van der Waals surface area contributed by atoms with Crippen LogP contribution in [0.3, 0.4) is 0 Å². The number of carbonyl (C=O) groups is 2. The number of hydrogen-bond acceptors (Lipinski definition) is 4. The number of allylic oxidation sites excluding steroid dienone is 4. The molecule has 6 N–H and O–H groups in total. The summed E-state index contributed by atoms with van der Waals surface area (Å²) >= 11 is 0. The lowest BCUT2D eigenvalue weighted by Crippen LogP contribution is -1.97. The lowest BCUT2D eigenvalue weighted by molar-refractivity contribution is -0.113. The number of rotatable bonds is 0. The van der Waals surface area contributed by atoms with Gasteiger partial charge in [-0.2, -0.15) is 0 Å². The molecule has 0 saturated carbocycles. The van der Waals surface area contributed by atoms with Crippen molar-refractivity contribution >= 4 is 11.6 Å². The van der Waals surface area contributed by atoms with Gasteiger partial charge in [0.15, 0.2) is 11.6 Å². The van der Waals surface area contributed by atoms with Crippen molar-refractivity contribution in [2.45, 2.75) is 0 Å². The average Bonchev–Trinajstić information content (AvgIpc) is 1.77. The van der Waals surface area contributed by atoms with Gasteiger partial charge in [-0.1, -0.05) is 0 Å². The Bertz CT molecular complexity index is 156. The molecule has 0 aliphatic heterocycles. The van der Waals surface area contributed by atoms with Crippen LogP contribution in [0.5, 0.6) is 0 Å². The summed E-state index contributed by atoms with van der Waals surface area (Å²) in [5, 5.41) is 0. The third-order valence-electron chi connectivity index (χ3n) is 0.824. The molecule has 1 rings (SSSR count). The highest BCUT2D eigenvalue weighted by Crippen LogP contribution is 1.90. The van der Waals surface area contributed by atoms with Crippen molar-refractivity contribution in [2.24, 2.45) is 0 Å². The predicted octanol–water partition coefficient (Wildman–Crippen LogP) is 0.575. The molecular formula is C6H10N2O2. The first-order valence-corrected chi connectivity index (χ1v) is 2.23. The van der Waals surface area contributed by atoms with Gasteiger partial charge >= 0.3 is 0 Å². The maximum Gasteiger partial charge on any atom is 0.178 e. The van der Waals surface area contributed by atoms with E-state index in [1.165, 1.54) is 24.3 Å². The molecule has 0 radical (unpaired) electrons. The summed E-state index contributed by atoms with van der Waals surface area (Å²) in [6.07, 6.45) is 5.01. The molecule has 0 spiro atoms. The quantitative estimate of drug-likeness (QED) is 0.482. The van der Waals surface area contributed by atoms with E-state index in [0.717, 1.165) is 0 Å². The molecular weight excluding hydrogens is 132 g/mol. The zero-order valence-corrected chi connectivity index (χ0v) is 5.54. The first-order chi connectivity index (χ1) is 3.79. The Morgan fingerprint density at radius 3 is 1.10 bits per heavy atom. The molecule has 0 atom stereocenters. The van der Waals surface area contributed by atoms with Gasteiger partial charge in [-0.3, -0.25) is 9.59 Å². The monoisotopic (exact) mass is 142 g/mol. The van der Waals surface area contributed by atoms with Crippen molar-refractivity contribution < 1.29 is 9.59 Å². The normalized spacial score (nSPS) is 14.0. The van der Waals surface area contributed by atoms with E-state index in [1.807, 2.05) is 0 Å². The van der Waals surface area contributed by atoms with E-state index in [1.54, 1.807) is 0 Å². The van der Waals surface area contributed by atoms with Crippen LogP contribution in [0.4, 0.5) is 0 Å². The van der Waals surface area contributed by atoms with Gasteiger partial charge in [-0.15, -0.1) is 0 Å². The Morgan fingerprint density at radius 1 is 0.700 bits per heavy atom. The fourth-order valence-electron chi connectivity index (χ4n) is 0.440. The lowest BCUT2D eigenvalue weighted by Gasteiger charge is -1.87. The topological polar surface area (TPSA) is 104 Å². The molecule has 0 bridgehead atoms. The molecule has 4 heteroatoms. The van der Waals surface area contributed by atoms with E-state index in [9.17, 15) is 9.59 Å². The van der Waals surface area contributed by atoms with Gasteiger partial charge in [-0.05, 0) is 24.3 Å². The summed E-state index contributed by atoms with van der Waals surface area (Å²) in [5.74, 6) is -0.241. The third kappa shape index (κ3) is 2.91. The van der Waals surface area contributed by atoms with Crippen molar-refractivity contribution in [2.75, 3.05) is 0 Å². The maximum atomic E-state index is 10.3. The smallest absolute Gasteiger partial charge is 0.178 e. The van der Waals surface area contributed by atoms with Crippen LogP contribution in [-0.4, -0.2) is 11.6 Å². The molecule has 0 aromatic rings. The van der Waals surface area contributed by atoms with Gasteiger partial charge < -0.3 is 12.3 Å². The molecule has 10 heavy (non-hydrogen) atoms. The molecule has 56 valence electrons. The van der Waals surface area contributed by atoms with E-state index in [2.05, 4.69) is 0 Å². The van der Waals surface area contributed by atoms with Crippen LogP contribution in [0, 0.1) is 0 Å². The highest BCUT2D eigenvalue weighted by Gasteiger charge is 1.97. The molecule has 1 aliphatic carbocycles. The van der Waals surface area contributed by atoms with Crippen molar-refractivity contribution in [3.05, 3.63) is 24.3 Å². The first-order valence-electron chi connectivity index (χ1n) is 2.23. The summed E-state index contributed by atoms with van der Waals surface area (Å²) in [7, 11) is 0. The zero-order valence-electron chi connectivity index (χ0n) is 5.54. The van der Waals surface area contributed by atoms with Gasteiger partial charge in [0.25, 0.3) is 0 Å². The summed E-state index contributed by atoms with van der Waals surface area (Å²) in [6, 6.07) is 0. The second kappa shape index (κ2) is 4.60. The fraction of sp³-hybridized carbons (Fsp3) is 0. The Kier molecular flexibility index (Phi) is 5.31. The summed E-state index contributed by atoms with van der Waals surface area (Å²) in [6.45, 7) is 0. The molecule has 0 amide bonds. The minimum atomic E-state index is -0.121. The molecule has 0 aromatic carbocycles. The minimum absolute atomic E-state index is 0. The average molecular weight is 142 g/mol. The SMILES string of the molecule is N.N.O=C1C=CC(=O)C=C1. The molecule has 1 aliphatic rings. The number of ketones is 2. The fourth-order valence-corrected chi connectivity index (χ4v) is 0.440. The Labute approximate surface area is 58.8 Å². The van der Waals surface area contributed by atoms with Crippen LogP contribution in [-0.2, 0) is 9.59 Å². The van der Waals surface area contributed by atoms with Crippen LogP contribution >= 0.6 is 0 Å². The number of hydrogen-bond donors (Lipinski definition) is 2. The Hall–Kier alpha value is -1.26. The third-order valence-corrected chi connectivity index (χ3v) is 0.824. The molecule has 4 nitrogen and oxygen atoms in total. The molecule has 0 fully saturated rings. The molecule has 0 saturated heterocycles. The van der Waals surface area contributed by atoms with E-state index < -0.39 is 0 Å². The molecule has 0 heterocycles. The van der Waals surface area contributed by atoms with E-state index in [4.69, 9.17) is 0 Å².